The summed E-state index contributed by atoms with van der Waals surface area (Å²) in [5.74, 6) is -0.406. The lowest BCUT2D eigenvalue weighted by Gasteiger charge is -2.23. The normalized spacial score (nSPS) is 17.6. The van der Waals surface area contributed by atoms with Crippen LogP contribution >= 0.6 is 0 Å². The number of hydrogen-bond donors (Lipinski definition) is 1. The number of benzene rings is 3. The van der Waals surface area contributed by atoms with Gasteiger partial charge < -0.3 is 10.0 Å². The summed E-state index contributed by atoms with van der Waals surface area (Å²) in [7, 11) is 0. The highest BCUT2D eigenvalue weighted by atomic mass is 16.3. The van der Waals surface area contributed by atoms with Gasteiger partial charge in [0.2, 0.25) is 0 Å². The second-order valence-corrected chi connectivity index (χ2v) is 9.38. The molecule has 1 aliphatic rings. The van der Waals surface area contributed by atoms with Crippen molar-refractivity contribution in [3.8, 4) is 0 Å². The molecule has 0 bridgehead atoms. The molecule has 0 fully saturated rings. The zero-order chi connectivity index (χ0) is 25.0. The number of aliphatic hydroxyl groups is 1. The SMILES string of the molecule is Cc1ccc(C(C)C)cc1CN1C(=O)C(O)(CC(=O)/C=C/C=C/c2ccccc2)c2ccccc21. The third-order valence-electron chi connectivity index (χ3n) is 6.52. The van der Waals surface area contributed by atoms with Crippen molar-refractivity contribution in [3.63, 3.8) is 0 Å². The summed E-state index contributed by atoms with van der Waals surface area (Å²) >= 11 is 0. The molecule has 3 aromatic carbocycles. The van der Waals surface area contributed by atoms with Gasteiger partial charge in [0.1, 0.15) is 0 Å². The molecule has 178 valence electrons. The number of rotatable bonds is 8. The number of ketones is 1. The number of amides is 1. The minimum absolute atomic E-state index is 0.306. The van der Waals surface area contributed by atoms with Gasteiger partial charge in [-0.2, -0.15) is 0 Å². The van der Waals surface area contributed by atoms with E-state index in [1.165, 1.54) is 11.6 Å². The number of aryl methyl sites for hydroxylation is 1. The first-order valence-electron chi connectivity index (χ1n) is 12.0. The van der Waals surface area contributed by atoms with Crippen LogP contribution in [-0.2, 0) is 21.7 Å². The van der Waals surface area contributed by atoms with Crippen LogP contribution in [0.2, 0.25) is 0 Å². The summed E-state index contributed by atoms with van der Waals surface area (Å²) in [6.45, 7) is 6.64. The van der Waals surface area contributed by atoms with Crippen molar-refractivity contribution in [2.75, 3.05) is 4.90 Å². The summed E-state index contributed by atoms with van der Waals surface area (Å²) in [5.41, 5.74) is 3.57. The molecule has 3 aromatic rings. The highest BCUT2D eigenvalue weighted by Gasteiger charge is 2.50. The Bertz CT molecular complexity index is 1290. The molecular formula is C31H31NO3. The van der Waals surface area contributed by atoms with Gasteiger partial charge in [-0.3, -0.25) is 9.59 Å². The van der Waals surface area contributed by atoms with Gasteiger partial charge in [0.15, 0.2) is 11.4 Å². The van der Waals surface area contributed by atoms with E-state index in [0.29, 0.717) is 23.7 Å². The third-order valence-corrected chi connectivity index (χ3v) is 6.52. The van der Waals surface area contributed by atoms with E-state index in [4.69, 9.17) is 0 Å². The van der Waals surface area contributed by atoms with Crippen LogP contribution in [0.4, 0.5) is 5.69 Å². The lowest BCUT2D eigenvalue weighted by molar-refractivity contribution is -0.140. The van der Waals surface area contributed by atoms with E-state index >= 15 is 0 Å². The summed E-state index contributed by atoms with van der Waals surface area (Å²) in [5, 5.41) is 11.5. The molecule has 1 heterocycles. The monoisotopic (exact) mass is 465 g/mol. The number of carbonyl (C=O) groups excluding carboxylic acids is 2. The molecule has 1 N–H and O–H groups in total. The molecule has 4 nitrogen and oxygen atoms in total. The van der Waals surface area contributed by atoms with E-state index in [1.807, 2.05) is 55.5 Å². The minimum atomic E-state index is -1.88. The molecule has 1 amide bonds. The maximum Gasteiger partial charge on any atom is 0.264 e. The smallest absolute Gasteiger partial charge is 0.264 e. The van der Waals surface area contributed by atoms with Crippen molar-refractivity contribution < 1.29 is 14.7 Å². The van der Waals surface area contributed by atoms with Crippen LogP contribution < -0.4 is 4.90 Å². The molecular weight excluding hydrogens is 434 g/mol. The number of fused-ring (bicyclic) bond motifs is 1. The zero-order valence-electron chi connectivity index (χ0n) is 20.4. The lowest BCUT2D eigenvalue weighted by atomic mass is 9.90. The maximum absolute atomic E-state index is 13.6. The molecule has 1 atom stereocenters. The molecule has 0 saturated heterocycles. The van der Waals surface area contributed by atoms with Crippen LogP contribution in [0.3, 0.4) is 0 Å². The number of allylic oxidation sites excluding steroid dienone is 3. The molecule has 1 aliphatic heterocycles. The van der Waals surface area contributed by atoms with Crippen molar-refractivity contribution in [2.24, 2.45) is 0 Å². The van der Waals surface area contributed by atoms with Crippen LogP contribution in [-0.4, -0.2) is 16.8 Å². The van der Waals surface area contributed by atoms with Crippen molar-refractivity contribution in [2.45, 2.75) is 45.3 Å². The number of nitrogens with zero attached hydrogens (tertiary/aromatic N) is 1. The Morgan fingerprint density at radius 1 is 1.00 bits per heavy atom. The van der Waals surface area contributed by atoms with Crippen LogP contribution in [0.5, 0.6) is 0 Å². The Kier molecular flexibility index (Phi) is 7.13. The van der Waals surface area contributed by atoms with E-state index in [9.17, 15) is 14.7 Å². The van der Waals surface area contributed by atoms with Gasteiger partial charge in [0, 0.05) is 5.56 Å². The highest BCUT2D eigenvalue weighted by molar-refractivity contribution is 6.09. The van der Waals surface area contributed by atoms with Crippen molar-refractivity contribution in [1.29, 1.82) is 0 Å². The van der Waals surface area contributed by atoms with Gasteiger partial charge in [0.05, 0.1) is 18.7 Å². The maximum atomic E-state index is 13.6. The number of anilines is 1. The van der Waals surface area contributed by atoms with E-state index in [-0.39, 0.29) is 12.2 Å². The second kappa shape index (κ2) is 10.2. The van der Waals surface area contributed by atoms with Crippen LogP contribution in [0.1, 0.15) is 54.0 Å². The van der Waals surface area contributed by atoms with Crippen LogP contribution in [0, 0.1) is 6.92 Å². The Morgan fingerprint density at radius 3 is 2.46 bits per heavy atom. The third kappa shape index (κ3) is 5.18. The van der Waals surface area contributed by atoms with Gasteiger partial charge >= 0.3 is 0 Å². The molecule has 0 aliphatic carbocycles. The van der Waals surface area contributed by atoms with E-state index in [0.717, 1.165) is 16.7 Å². The standard InChI is InChI=1S/C31H31NO3/c1-22(2)25-18-17-23(3)26(19-25)21-32-29-16-10-9-15-28(29)31(35,30(32)34)20-27(33)14-8-7-13-24-11-5-4-6-12-24/h4-19,22,35H,20-21H2,1-3H3/b13-7+,14-8+. The van der Waals surface area contributed by atoms with Crippen molar-refractivity contribution in [1.82, 2.24) is 0 Å². The Morgan fingerprint density at radius 2 is 1.71 bits per heavy atom. The number of para-hydroxylation sites is 1. The Hall–Kier alpha value is -3.76. The summed E-state index contributed by atoms with van der Waals surface area (Å²) < 4.78 is 0. The largest absolute Gasteiger partial charge is 0.375 e. The summed E-state index contributed by atoms with van der Waals surface area (Å²) in [6.07, 6.45) is 6.41. The van der Waals surface area contributed by atoms with Gasteiger partial charge in [-0.25, -0.2) is 0 Å². The van der Waals surface area contributed by atoms with Gasteiger partial charge in [-0.05, 0) is 47.2 Å². The summed E-state index contributed by atoms with van der Waals surface area (Å²) in [6, 6.07) is 23.3. The van der Waals surface area contributed by atoms with Crippen LogP contribution in [0.25, 0.3) is 6.08 Å². The fourth-order valence-corrected chi connectivity index (χ4v) is 4.43. The molecule has 1 unspecified atom stereocenters. The summed E-state index contributed by atoms with van der Waals surface area (Å²) in [4.78, 5) is 27.9. The van der Waals surface area contributed by atoms with E-state index < -0.39 is 11.5 Å². The fourth-order valence-electron chi connectivity index (χ4n) is 4.43. The van der Waals surface area contributed by atoms with Crippen LogP contribution in [0.15, 0.2) is 91.0 Å². The zero-order valence-corrected chi connectivity index (χ0v) is 20.4. The molecule has 0 aromatic heterocycles. The first-order valence-corrected chi connectivity index (χ1v) is 12.0. The van der Waals surface area contributed by atoms with Gasteiger partial charge in [-0.15, -0.1) is 0 Å². The average Bonchev–Trinajstić information content (AvgIpc) is 3.05. The van der Waals surface area contributed by atoms with E-state index in [1.54, 1.807) is 29.2 Å². The predicted molar refractivity (Wildman–Crippen MR) is 141 cm³/mol. The van der Waals surface area contributed by atoms with Crippen molar-refractivity contribution in [3.05, 3.63) is 119 Å². The Balaban J connectivity index is 1.55. The minimum Gasteiger partial charge on any atom is -0.375 e. The van der Waals surface area contributed by atoms with Gasteiger partial charge in [0.25, 0.3) is 5.91 Å². The molecule has 4 rings (SSSR count). The number of hydrogen-bond acceptors (Lipinski definition) is 3. The Labute approximate surface area is 207 Å². The molecule has 4 heteroatoms. The average molecular weight is 466 g/mol. The first kappa shape index (κ1) is 24.4. The molecule has 0 radical (unpaired) electrons. The fraction of sp³-hybridized carbons (Fsp3) is 0.226. The predicted octanol–water partition coefficient (Wildman–Crippen LogP) is 6.08. The lowest BCUT2D eigenvalue weighted by Crippen LogP contribution is -2.41. The highest BCUT2D eigenvalue weighted by Crippen LogP contribution is 2.43. The molecule has 0 saturated carbocycles. The molecule has 35 heavy (non-hydrogen) atoms. The van der Waals surface area contributed by atoms with Crippen molar-refractivity contribution >= 4 is 23.5 Å². The first-order chi connectivity index (χ1) is 16.8. The van der Waals surface area contributed by atoms with Gasteiger partial charge in [-0.1, -0.05) is 98.8 Å². The quantitative estimate of drug-likeness (QED) is 0.324. The second-order valence-electron chi connectivity index (χ2n) is 9.38. The van der Waals surface area contributed by atoms with E-state index in [2.05, 4.69) is 32.0 Å². The number of carbonyl (C=O) groups is 2. The molecule has 0 spiro atoms. The topological polar surface area (TPSA) is 57.6 Å².